The highest BCUT2D eigenvalue weighted by molar-refractivity contribution is 5.21. The van der Waals surface area contributed by atoms with E-state index in [0.29, 0.717) is 18.6 Å². The Kier molecular flexibility index (Phi) is 5.51. The molecular formula is C13H19F2NO. The Morgan fingerprint density at radius 2 is 1.76 bits per heavy atom. The van der Waals surface area contributed by atoms with Gasteiger partial charge in [-0.3, -0.25) is 0 Å². The molecule has 1 aromatic rings. The van der Waals surface area contributed by atoms with E-state index < -0.39 is 11.6 Å². The predicted molar refractivity (Wildman–Crippen MR) is 63.9 cm³/mol. The average molecular weight is 243 g/mol. The van der Waals surface area contributed by atoms with Crippen LogP contribution in [0, 0.1) is 11.6 Å². The second-order valence-corrected chi connectivity index (χ2v) is 4.25. The highest BCUT2D eigenvalue weighted by atomic mass is 19.1. The average Bonchev–Trinajstić information content (AvgIpc) is 2.22. The number of ether oxygens (including phenoxy) is 1. The summed E-state index contributed by atoms with van der Waals surface area (Å²) in [5.41, 5.74) is 0.609. The molecule has 1 rings (SSSR count). The molecule has 0 fully saturated rings. The van der Waals surface area contributed by atoms with Gasteiger partial charge in [0.25, 0.3) is 0 Å². The molecule has 1 N–H and O–H groups in total. The van der Waals surface area contributed by atoms with Crippen LogP contribution >= 0.6 is 0 Å². The van der Waals surface area contributed by atoms with E-state index in [2.05, 4.69) is 5.32 Å². The maximum Gasteiger partial charge on any atom is 0.126 e. The molecule has 17 heavy (non-hydrogen) atoms. The second-order valence-electron chi connectivity index (χ2n) is 4.25. The van der Waals surface area contributed by atoms with Gasteiger partial charge >= 0.3 is 0 Å². The molecule has 0 aliphatic rings. The standard InChI is InChI=1S/C13H19F2NO/c1-9(2)17-5-4-13(16-3)10-6-11(14)8-12(15)7-10/h6-9,13,16H,4-5H2,1-3H3. The maximum absolute atomic E-state index is 13.1. The van der Waals surface area contributed by atoms with Gasteiger partial charge in [-0.05, 0) is 45.0 Å². The van der Waals surface area contributed by atoms with Crippen molar-refractivity contribution in [3.05, 3.63) is 35.4 Å². The Labute approximate surface area is 101 Å². The van der Waals surface area contributed by atoms with Crippen LogP contribution in [0.5, 0.6) is 0 Å². The van der Waals surface area contributed by atoms with Crippen molar-refractivity contribution in [3.8, 4) is 0 Å². The minimum atomic E-state index is -0.551. The fraction of sp³-hybridized carbons (Fsp3) is 0.538. The van der Waals surface area contributed by atoms with E-state index in [0.717, 1.165) is 6.07 Å². The normalized spacial score (nSPS) is 13.1. The minimum absolute atomic E-state index is 0.0982. The molecule has 1 aromatic carbocycles. The van der Waals surface area contributed by atoms with Crippen LogP contribution in [0.15, 0.2) is 18.2 Å². The summed E-state index contributed by atoms with van der Waals surface area (Å²) in [6.07, 6.45) is 0.842. The molecule has 1 atom stereocenters. The summed E-state index contributed by atoms with van der Waals surface area (Å²) in [4.78, 5) is 0. The van der Waals surface area contributed by atoms with Crippen molar-refractivity contribution >= 4 is 0 Å². The third-order valence-corrected chi connectivity index (χ3v) is 2.49. The zero-order valence-electron chi connectivity index (χ0n) is 10.5. The van der Waals surface area contributed by atoms with Gasteiger partial charge in [0.2, 0.25) is 0 Å². The molecule has 0 saturated heterocycles. The van der Waals surface area contributed by atoms with Gasteiger partial charge in [-0.15, -0.1) is 0 Å². The van der Waals surface area contributed by atoms with Crippen LogP contribution in [0.1, 0.15) is 31.9 Å². The molecule has 0 amide bonds. The molecule has 0 aromatic heterocycles. The number of benzene rings is 1. The molecular weight excluding hydrogens is 224 g/mol. The Balaban J connectivity index is 2.65. The minimum Gasteiger partial charge on any atom is -0.379 e. The van der Waals surface area contributed by atoms with Crippen LogP contribution in [-0.2, 0) is 4.74 Å². The first-order valence-corrected chi connectivity index (χ1v) is 5.77. The lowest BCUT2D eigenvalue weighted by molar-refractivity contribution is 0.0719. The first kappa shape index (κ1) is 14.1. The van der Waals surface area contributed by atoms with Crippen molar-refractivity contribution in [2.24, 2.45) is 0 Å². The topological polar surface area (TPSA) is 21.3 Å². The van der Waals surface area contributed by atoms with Gasteiger partial charge in [0, 0.05) is 18.7 Å². The van der Waals surface area contributed by atoms with E-state index in [1.165, 1.54) is 12.1 Å². The Hall–Kier alpha value is -1.00. The monoisotopic (exact) mass is 243 g/mol. The molecule has 0 bridgehead atoms. The molecule has 2 nitrogen and oxygen atoms in total. The van der Waals surface area contributed by atoms with Gasteiger partial charge in [-0.1, -0.05) is 0 Å². The van der Waals surface area contributed by atoms with Gasteiger partial charge in [-0.2, -0.15) is 0 Å². The number of nitrogens with one attached hydrogen (secondary N) is 1. The number of halogens is 2. The Morgan fingerprint density at radius 3 is 2.24 bits per heavy atom. The van der Waals surface area contributed by atoms with Gasteiger partial charge in [0.05, 0.1) is 6.10 Å². The lowest BCUT2D eigenvalue weighted by Crippen LogP contribution is -2.19. The fourth-order valence-corrected chi connectivity index (χ4v) is 1.68. The van der Waals surface area contributed by atoms with E-state index in [1.54, 1.807) is 7.05 Å². The van der Waals surface area contributed by atoms with Crippen LogP contribution in [0.4, 0.5) is 8.78 Å². The van der Waals surface area contributed by atoms with Crippen LogP contribution < -0.4 is 5.32 Å². The molecule has 1 unspecified atom stereocenters. The van der Waals surface area contributed by atoms with E-state index in [-0.39, 0.29) is 12.1 Å². The van der Waals surface area contributed by atoms with E-state index in [9.17, 15) is 8.78 Å². The summed E-state index contributed by atoms with van der Waals surface area (Å²) in [6, 6.07) is 3.47. The summed E-state index contributed by atoms with van der Waals surface area (Å²) >= 11 is 0. The number of hydrogen-bond donors (Lipinski definition) is 1. The molecule has 0 aliphatic carbocycles. The number of hydrogen-bond acceptors (Lipinski definition) is 2. The summed E-state index contributed by atoms with van der Waals surface area (Å²) in [5.74, 6) is -1.10. The van der Waals surface area contributed by atoms with Crippen molar-refractivity contribution < 1.29 is 13.5 Å². The molecule has 96 valence electrons. The van der Waals surface area contributed by atoms with Crippen molar-refractivity contribution in [1.82, 2.24) is 5.32 Å². The molecule has 0 heterocycles. The largest absolute Gasteiger partial charge is 0.379 e. The molecule has 0 saturated carbocycles. The first-order chi connectivity index (χ1) is 8.02. The molecule has 4 heteroatoms. The highest BCUT2D eigenvalue weighted by Gasteiger charge is 2.12. The lowest BCUT2D eigenvalue weighted by Gasteiger charge is -2.17. The van der Waals surface area contributed by atoms with E-state index >= 15 is 0 Å². The Morgan fingerprint density at radius 1 is 1.18 bits per heavy atom. The quantitative estimate of drug-likeness (QED) is 0.829. The van der Waals surface area contributed by atoms with Crippen LogP contribution in [0.25, 0.3) is 0 Å². The molecule has 0 aliphatic heterocycles. The van der Waals surface area contributed by atoms with Gasteiger partial charge in [-0.25, -0.2) is 8.78 Å². The van der Waals surface area contributed by atoms with Gasteiger partial charge in [0.1, 0.15) is 11.6 Å². The summed E-state index contributed by atoms with van der Waals surface area (Å²) < 4.78 is 31.6. The van der Waals surface area contributed by atoms with Crippen molar-refractivity contribution in [3.63, 3.8) is 0 Å². The summed E-state index contributed by atoms with van der Waals surface area (Å²) in [5, 5.41) is 3.03. The summed E-state index contributed by atoms with van der Waals surface area (Å²) in [6.45, 7) is 4.47. The van der Waals surface area contributed by atoms with Crippen LogP contribution in [0.2, 0.25) is 0 Å². The third-order valence-electron chi connectivity index (χ3n) is 2.49. The SMILES string of the molecule is CNC(CCOC(C)C)c1cc(F)cc(F)c1. The second kappa shape index (κ2) is 6.67. The first-order valence-electron chi connectivity index (χ1n) is 5.77. The zero-order chi connectivity index (χ0) is 12.8. The lowest BCUT2D eigenvalue weighted by atomic mass is 10.0. The fourth-order valence-electron chi connectivity index (χ4n) is 1.68. The van der Waals surface area contributed by atoms with E-state index in [4.69, 9.17) is 4.74 Å². The smallest absolute Gasteiger partial charge is 0.126 e. The third kappa shape index (κ3) is 4.79. The van der Waals surface area contributed by atoms with Crippen LogP contribution in [-0.4, -0.2) is 19.8 Å². The van der Waals surface area contributed by atoms with Crippen molar-refractivity contribution in [2.45, 2.75) is 32.4 Å². The zero-order valence-corrected chi connectivity index (χ0v) is 10.5. The van der Waals surface area contributed by atoms with Crippen molar-refractivity contribution in [2.75, 3.05) is 13.7 Å². The van der Waals surface area contributed by atoms with Crippen LogP contribution in [0.3, 0.4) is 0 Å². The predicted octanol–water partition coefficient (Wildman–Crippen LogP) is 3.04. The summed E-state index contributed by atoms with van der Waals surface area (Å²) in [7, 11) is 1.77. The molecule has 0 spiro atoms. The van der Waals surface area contributed by atoms with Gasteiger partial charge in [0.15, 0.2) is 0 Å². The van der Waals surface area contributed by atoms with Crippen molar-refractivity contribution in [1.29, 1.82) is 0 Å². The molecule has 0 radical (unpaired) electrons. The highest BCUT2D eigenvalue weighted by Crippen LogP contribution is 2.19. The maximum atomic E-state index is 13.1. The Bertz CT molecular complexity index is 335. The van der Waals surface area contributed by atoms with Gasteiger partial charge < -0.3 is 10.1 Å². The number of rotatable bonds is 6. The van der Waals surface area contributed by atoms with E-state index in [1.807, 2.05) is 13.8 Å².